The van der Waals surface area contributed by atoms with Crippen LogP contribution in [0.2, 0.25) is 0 Å². The zero-order valence-electron chi connectivity index (χ0n) is 11.1. The van der Waals surface area contributed by atoms with Crippen LogP contribution >= 0.6 is 0 Å². The molecule has 1 fully saturated rings. The Bertz CT molecular complexity index is 495. The van der Waals surface area contributed by atoms with Crippen molar-refractivity contribution in [2.45, 2.75) is 25.3 Å². The minimum absolute atomic E-state index is 0.0786. The minimum atomic E-state index is -0.524. The summed E-state index contributed by atoms with van der Waals surface area (Å²) in [5.74, 6) is -0.603. The highest BCUT2D eigenvalue weighted by molar-refractivity contribution is 5.98. The van der Waals surface area contributed by atoms with Crippen molar-refractivity contribution in [2.75, 3.05) is 13.1 Å². The molecule has 6 nitrogen and oxygen atoms in total. The molecule has 4 N–H and O–H groups in total. The number of primary amides is 1. The lowest BCUT2D eigenvalue weighted by atomic mass is 10.0. The maximum Gasteiger partial charge on any atom is 0.270 e. The van der Waals surface area contributed by atoms with Crippen molar-refractivity contribution in [1.29, 1.82) is 0 Å². The van der Waals surface area contributed by atoms with E-state index in [4.69, 9.17) is 11.5 Å². The van der Waals surface area contributed by atoms with Gasteiger partial charge in [0.15, 0.2) is 0 Å². The van der Waals surface area contributed by atoms with E-state index in [9.17, 15) is 9.59 Å². The fourth-order valence-corrected chi connectivity index (χ4v) is 2.57. The van der Waals surface area contributed by atoms with Crippen molar-refractivity contribution in [3.63, 3.8) is 0 Å². The number of piperidine rings is 1. The molecule has 1 aromatic rings. The molecule has 2 rings (SSSR count). The maximum atomic E-state index is 12.5. The molecule has 0 radical (unpaired) electrons. The van der Waals surface area contributed by atoms with Gasteiger partial charge in [0.2, 0.25) is 5.91 Å². The number of aryl methyl sites for hydroxylation is 1. The van der Waals surface area contributed by atoms with Crippen LogP contribution < -0.4 is 11.5 Å². The second kappa shape index (κ2) is 5.44. The summed E-state index contributed by atoms with van der Waals surface area (Å²) < 4.78 is 1.64. The number of carbonyl (C=O) groups is 2. The van der Waals surface area contributed by atoms with E-state index in [1.54, 1.807) is 23.9 Å². The molecule has 0 unspecified atom stereocenters. The largest absolute Gasteiger partial charge is 0.366 e. The molecule has 1 aliphatic heterocycles. The first kappa shape index (κ1) is 13.6. The van der Waals surface area contributed by atoms with Crippen LogP contribution in [-0.2, 0) is 7.05 Å². The third-order valence-electron chi connectivity index (χ3n) is 3.67. The van der Waals surface area contributed by atoms with E-state index < -0.39 is 5.91 Å². The lowest BCUT2D eigenvalue weighted by Crippen LogP contribution is -2.47. The summed E-state index contributed by atoms with van der Waals surface area (Å²) >= 11 is 0. The Morgan fingerprint density at radius 1 is 1.42 bits per heavy atom. The molecule has 1 aliphatic rings. The van der Waals surface area contributed by atoms with Crippen molar-refractivity contribution in [3.8, 4) is 0 Å². The number of likely N-dealkylation sites (tertiary alicyclic amines) is 1. The molecule has 1 saturated heterocycles. The highest BCUT2D eigenvalue weighted by atomic mass is 16.2. The lowest BCUT2D eigenvalue weighted by Gasteiger charge is -2.35. The summed E-state index contributed by atoms with van der Waals surface area (Å²) in [6.45, 7) is 1.19. The zero-order valence-corrected chi connectivity index (χ0v) is 11.1. The molecule has 1 atom stereocenters. The summed E-state index contributed by atoms with van der Waals surface area (Å²) in [6.07, 6.45) is 4.62. The zero-order chi connectivity index (χ0) is 14.0. The lowest BCUT2D eigenvalue weighted by molar-refractivity contribution is 0.0613. The Morgan fingerprint density at radius 3 is 2.74 bits per heavy atom. The van der Waals surface area contributed by atoms with Gasteiger partial charge in [-0.3, -0.25) is 9.59 Å². The molecule has 2 heterocycles. The Hall–Kier alpha value is -1.82. The van der Waals surface area contributed by atoms with Gasteiger partial charge < -0.3 is 20.9 Å². The van der Waals surface area contributed by atoms with Gasteiger partial charge >= 0.3 is 0 Å². The van der Waals surface area contributed by atoms with Crippen LogP contribution in [-0.4, -0.2) is 40.4 Å². The first-order chi connectivity index (χ1) is 9.04. The monoisotopic (exact) mass is 264 g/mol. The van der Waals surface area contributed by atoms with Gasteiger partial charge in [0.1, 0.15) is 5.69 Å². The first-order valence-corrected chi connectivity index (χ1v) is 6.51. The van der Waals surface area contributed by atoms with Crippen LogP contribution in [0.5, 0.6) is 0 Å². The van der Waals surface area contributed by atoms with E-state index >= 15 is 0 Å². The fraction of sp³-hybridized carbons (Fsp3) is 0.538. The number of hydrogen-bond acceptors (Lipinski definition) is 3. The summed E-state index contributed by atoms with van der Waals surface area (Å²) in [7, 11) is 1.74. The van der Waals surface area contributed by atoms with Crippen LogP contribution in [0.3, 0.4) is 0 Å². The van der Waals surface area contributed by atoms with Gasteiger partial charge in [0.25, 0.3) is 5.91 Å². The molecular formula is C13H20N4O2. The molecule has 104 valence electrons. The highest BCUT2D eigenvalue weighted by Gasteiger charge is 2.28. The van der Waals surface area contributed by atoms with E-state index in [1.165, 1.54) is 0 Å². The summed E-state index contributed by atoms with van der Waals surface area (Å²) in [5, 5.41) is 0. The average Bonchev–Trinajstić information content (AvgIpc) is 2.80. The molecule has 0 aromatic carbocycles. The first-order valence-electron chi connectivity index (χ1n) is 6.51. The predicted octanol–water partition coefficient (Wildman–Crippen LogP) is 0.0774. The standard InChI is InChI=1S/C13H20N4O2/c1-16-8-9(12(15)18)6-11(16)13(19)17-5-3-2-4-10(17)7-14/h6,8,10H,2-5,7,14H2,1H3,(H2,15,18)/t10-/m1/s1. The minimum Gasteiger partial charge on any atom is -0.366 e. The highest BCUT2D eigenvalue weighted by Crippen LogP contribution is 2.19. The topological polar surface area (TPSA) is 94.3 Å². The smallest absolute Gasteiger partial charge is 0.270 e. The third-order valence-corrected chi connectivity index (χ3v) is 3.67. The van der Waals surface area contributed by atoms with Crippen molar-refractivity contribution in [1.82, 2.24) is 9.47 Å². The van der Waals surface area contributed by atoms with Gasteiger partial charge in [-0.25, -0.2) is 0 Å². The van der Waals surface area contributed by atoms with E-state index in [2.05, 4.69) is 0 Å². The number of amides is 2. The quantitative estimate of drug-likeness (QED) is 0.809. The van der Waals surface area contributed by atoms with Crippen LogP contribution in [0.15, 0.2) is 12.3 Å². The molecule has 1 aromatic heterocycles. The van der Waals surface area contributed by atoms with Gasteiger partial charge in [-0.15, -0.1) is 0 Å². The predicted molar refractivity (Wildman–Crippen MR) is 71.7 cm³/mol. The van der Waals surface area contributed by atoms with Crippen LogP contribution in [0.25, 0.3) is 0 Å². The number of nitrogens with zero attached hydrogens (tertiary/aromatic N) is 2. The van der Waals surface area contributed by atoms with Gasteiger partial charge in [-0.1, -0.05) is 0 Å². The fourth-order valence-electron chi connectivity index (χ4n) is 2.57. The molecule has 0 bridgehead atoms. The van der Waals surface area contributed by atoms with Crippen molar-refractivity contribution in [2.24, 2.45) is 18.5 Å². The number of nitrogens with two attached hydrogens (primary N) is 2. The maximum absolute atomic E-state index is 12.5. The Labute approximate surface area is 112 Å². The number of rotatable bonds is 3. The Morgan fingerprint density at radius 2 is 2.16 bits per heavy atom. The summed E-state index contributed by atoms with van der Waals surface area (Å²) in [5.41, 5.74) is 11.8. The van der Waals surface area contributed by atoms with Crippen LogP contribution in [0.1, 0.15) is 40.1 Å². The molecule has 6 heteroatoms. The molecule has 0 aliphatic carbocycles. The summed E-state index contributed by atoms with van der Waals surface area (Å²) in [4.78, 5) is 25.5. The SMILES string of the molecule is Cn1cc(C(N)=O)cc1C(=O)N1CCCC[C@@H]1CN. The molecule has 2 amide bonds. The van der Waals surface area contributed by atoms with Gasteiger partial charge in [-0.2, -0.15) is 0 Å². The summed E-state index contributed by atoms with van der Waals surface area (Å²) in [6, 6.07) is 1.64. The third kappa shape index (κ3) is 2.63. The number of carbonyl (C=O) groups excluding carboxylic acids is 2. The van der Waals surface area contributed by atoms with Crippen molar-refractivity contribution < 1.29 is 9.59 Å². The molecular weight excluding hydrogens is 244 g/mol. The van der Waals surface area contributed by atoms with E-state index in [1.807, 2.05) is 4.90 Å². The second-order valence-corrected chi connectivity index (χ2v) is 4.97. The Balaban J connectivity index is 2.25. The van der Waals surface area contributed by atoms with E-state index in [-0.39, 0.29) is 11.9 Å². The average molecular weight is 264 g/mol. The van der Waals surface area contributed by atoms with Crippen molar-refractivity contribution >= 4 is 11.8 Å². The van der Waals surface area contributed by atoms with E-state index in [0.29, 0.717) is 17.8 Å². The van der Waals surface area contributed by atoms with Gasteiger partial charge in [0.05, 0.1) is 5.56 Å². The number of hydrogen-bond donors (Lipinski definition) is 2. The van der Waals surface area contributed by atoms with Gasteiger partial charge in [-0.05, 0) is 25.3 Å². The molecule has 19 heavy (non-hydrogen) atoms. The van der Waals surface area contributed by atoms with E-state index in [0.717, 1.165) is 25.8 Å². The molecule has 0 spiro atoms. The van der Waals surface area contributed by atoms with Crippen LogP contribution in [0, 0.1) is 0 Å². The Kier molecular flexibility index (Phi) is 3.90. The van der Waals surface area contributed by atoms with Gasteiger partial charge in [0, 0.05) is 32.4 Å². The number of aromatic nitrogens is 1. The second-order valence-electron chi connectivity index (χ2n) is 4.97. The normalized spacial score (nSPS) is 19.5. The van der Waals surface area contributed by atoms with Crippen LogP contribution in [0.4, 0.5) is 0 Å². The van der Waals surface area contributed by atoms with Crippen molar-refractivity contribution in [3.05, 3.63) is 23.5 Å². The molecule has 0 saturated carbocycles.